The molecule has 0 aliphatic carbocycles. The summed E-state index contributed by atoms with van der Waals surface area (Å²) in [5.74, 6) is 3.26. The minimum absolute atomic E-state index is 0.512. The minimum atomic E-state index is 0.512. The average molecular weight is 389 g/mol. The largest absolute Gasteiger partial charge is 0.342 e. The first-order chi connectivity index (χ1) is 14.1. The zero-order valence-electron chi connectivity index (χ0n) is 18.0. The third-order valence-corrected chi connectivity index (χ3v) is 6.28. The minimum Gasteiger partial charge on any atom is -0.342 e. The maximum absolute atomic E-state index is 4.81. The molecule has 0 aliphatic heterocycles. The lowest BCUT2D eigenvalue weighted by Gasteiger charge is -2.07. The van der Waals surface area contributed by atoms with Crippen LogP contribution in [0.15, 0.2) is 36.4 Å². The van der Waals surface area contributed by atoms with E-state index in [1.54, 1.807) is 0 Å². The van der Waals surface area contributed by atoms with E-state index in [4.69, 9.17) is 9.97 Å². The maximum Gasteiger partial charge on any atom is 0.110 e. The van der Waals surface area contributed by atoms with Crippen LogP contribution in [0.3, 0.4) is 0 Å². The normalized spacial score (nSPS) is 12.1. The maximum atomic E-state index is 4.81. The van der Waals surface area contributed by atoms with Crippen LogP contribution in [0.2, 0.25) is 0 Å². The van der Waals surface area contributed by atoms with Crippen molar-refractivity contribution in [3.05, 3.63) is 59.2 Å². The first-order valence-corrected chi connectivity index (χ1v) is 11.1. The first kappa shape index (κ1) is 19.7. The number of H-pyrrole nitrogens is 2. The second kappa shape index (κ2) is 8.40. The van der Waals surface area contributed by atoms with Gasteiger partial charge in [-0.1, -0.05) is 39.8 Å². The van der Waals surface area contributed by atoms with E-state index >= 15 is 0 Å². The lowest BCUT2D eigenvalue weighted by Crippen LogP contribution is -1.97. The van der Waals surface area contributed by atoms with Crippen LogP contribution in [0, 0.1) is 0 Å². The Morgan fingerprint density at radius 3 is 1.45 bits per heavy atom. The molecule has 0 fully saturated rings. The molecular formula is C25H32N4. The number of nitrogens with zero attached hydrogens (tertiary/aromatic N) is 2. The van der Waals surface area contributed by atoms with Crippen LogP contribution in [0.25, 0.3) is 22.1 Å². The first-order valence-electron chi connectivity index (χ1n) is 11.1. The fraction of sp³-hybridized carbons (Fsp3) is 0.440. The molecule has 4 nitrogen and oxygen atoms in total. The quantitative estimate of drug-likeness (QED) is 0.347. The van der Waals surface area contributed by atoms with Crippen LogP contribution in [-0.4, -0.2) is 19.9 Å². The number of hydrogen-bond donors (Lipinski definition) is 2. The van der Waals surface area contributed by atoms with Crippen molar-refractivity contribution in [3.63, 3.8) is 0 Å². The van der Waals surface area contributed by atoms with Gasteiger partial charge in [-0.15, -0.1) is 0 Å². The van der Waals surface area contributed by atoms with Gasteiger partial charge < -0.3 is 9.97 Å². The predicted octanol–water partition coefficient (Wildman–Crippen LogP) is 6.84. The standard InChI is InChI=1S/C25H32N4/c1-5-18(6-2)24-26-20-11-9-16(14-22(20)28-24)13-17-10-12-21-23(15-17)29-25(27-21)19(7-3)8-4/h9-12,14-15,18-19H,5-8,13H2,1-4H3,(H,26,28)(H,27,29). The number of nitrogens with one attached hydrogen (secondary N) is 2. The number of imidazole rings is 2. The van der Waals surface area contributed by atoms with Gasteiger partial charge in [0.25, 0.3) is 0 Å². The van der Waals surface area contributed by atoms with Gasteiger partial charge >= 0.3 is 0 Å². The van der Waals surface area contributed by atoms with Crippen LogP contribution in [0.1, 0.15) is 88.0 Å². The van der Waals surface area contributed by atoms with Crippen LogP contribution < -0.4 is 0 Å². The highest BCUT2D eigenvalue weighted by Gasteiger charge is 2.14. The number of aromatic amines is 2. The molecule has 0 atom stereocenters. The van der Waals surface area contributed by atoms with E-state index in [1.807, 2.05) is 0 Å². The average Bonchev–Trinajstić information content (AvgIpc) is 3.33. The summed E-state index contributed by atoms with van der Waals surface area (Å²) in [5.41, 5.74) is 7.02. The fourth-order valence-corrected chi connectivity index (χ4v) is 4.35. The number of hydrogen-bond acceptors (Lipinski definition) is 2. The van der Waals surface area contributed by atoms with Gasteiger partial charge in [-0.05, 0) is 67.5 Å². The Bertz CT molecular complexity index is 1010. The second-order valence-corrected chi connectivity index (χ2v) is 8.15. The second-order valence-electron chi connectivity index (χ2n) is 8.15. The van der Waals surface area contributed by atoms with Crippen LogP contribution in [-0.2, 0) is 6.42 Å². The van der Waals surface area contributed by atoms with Gasteiger partial charge in [-0.2, -0.15) is 0 Å². The van der Waals surface area contributed by atoms with Crippen molar-refractivity contribution in [1.82, 2.24) is 19.9 Å². The monoisotopic (exact) mass is 388 g/mol. The molecule has 4 aromatic rings. The molecular weight excluding hydrogens is 356 g/mol. The summed E-state index contributed by atoms with van der Waals surface area (Å²) < 4.78 is 0. The Morgan fingerprint density at radius 1 is 0.655 bits per heavy atom. The van der Waals surface area contributed by atoms with Crippen molar-refractivity contribution in [2.75, 3.05) is 0 Å². The van der Waals surface area contributed by atoms with Gasteiger partial charge in [-0.3, -0.25) is 0 Å². The zero-order chi connectivity index (χ0) is 20.4. The summed E-state index contributed by atoms with van der Waals surface area (Å²) in [6.45, 7) is 8.92. The molecule has 0 unspecified atom stereocenters. The Hall–Kier alpha value is -2.62. The van der Waals surface area contributed by atoms with Crippen LogP contribution in [0.5, 0.6) is 0 Å². The summed E-state index contributed by atoms with van der Waals surface area (Å²) >= 11 is 0. The summed E-state index contributed by atoms with van der Waals surface area (Å²) in [6, 6.07) is 13.2. The molecule has 0 aliphatic rings. The molecule has 4 rings (SSSR count). The van der Waals surface area contributed by atoms with Crippen molar-refractivity contribution in [1.29, 1.82) is 0 Å². The summed E-state index contributed by atoms with van der Waals surface area (Å²) in [5, 5.41) is 0. The highest BCUT2D eigenvalue weighted by atomic mass is 14.9. The van der Waals surface area contributed by atoms with E-state index < -0.39 is 0 Å². The van der Waals surface area contributed by atoms with Gasteiger partial charge in [0.1, 0.15) is 11.6 Å². The van der Waals surface area contributed by atoms with E-state index in [-0.39, 0.29) is 0 Å². The van der Waals surface area contributed by atoms with Gasteiger partial charge in [0, 0.05) is 11.8 Å². The summed E-state index contributed by atoms with van der Waals surface area (Å²) in [7, 11) is 0. The molecule has 152 valence electrons. The van der Waals surface area contributed by atoms with Crippen molar-refractivity contribution in [2.24, 2.45) is 0 Å². The Balaban J connectivity index is 1.59. The van der Waals surface area contributed by atoms with Crippen LogP contribution in [0.4, 0.5) is 0 Å². The third-order valence-electron chi connectivity index (χ3n) is 6.28. The molecule has 29 heavy (non-hydrogen) atoms. The summed E-state index contributed by atoms with van der Waals surface area (Å²) in [4.78, 5) is 16.7. The molecule has 0 saturated heterocycles. The number of fused-ring (bicyclic) bond motifs is 2. The molecule has 2 aromatic heterocycles. The molecule has 2 N–H and O–H groups in total. The van der Waals surface area contributed by atoms with Gasteiger partial charge in [0.15, 0.2) is 0 Å². The lowest BCUT2D eigenvalue weighted by molar-refractivity contribution is 0.611. The predicted molar refractivity (Wildman–Crippen MR) is 122 cm³/mol. The Kier molecular flexibility index (Phi) is 5.70. The van der Waals surface area contributed by atoms with E-state index in [9.17, 15) is 0 Å². The topological polar surface area (TPSA) is 57.4 Å². The SMILES string of the molecule is CCC(CC)c1nc2ccc(Cc3ccc4nc(C(CC)CC)[nH]c4c3)cc2[nH]1. The highest BCUT2D eigenvalue weighted by Crippen LogP contribution is 2.26. The van der Waals surface area contributed by atoms with Gasteiger partial charge in [0.2, 0.25) is 0 Å². The van der Waals surface area contributed by atoms with Crippen molar-refractivity contribution in [3.8, 4) is 0 Å². The molecule has 4 heteroatoms. The molecule has 2 aromatic carbocycles. The highest BCUT2D eigenvalue weighted by molar-refractivity contribution is 5.77. The van der Waals surface area contributed by atoms with Crippen molar-refractivity contribution in [2.45, 2.75) is 71.6 Å². The van der Waals surface area contributed by atoms with Gasteiger partial charge in [-0.25, -0.2) is 9.97 Å². The molecule has 0 saturated carbocycles. The van der Waals surface area contributed by atoms with E-state index in [0.29, 0.717) is 11.8 Å². The molecule has 0 amide bonds. The third kappa shape index (κ3) is 3.93. The fourth-order valence-electron chi connectivity index (χ4n) is 4.35. The number of benzene rings is 2. The molecule has 0 spiro atoms. The van der Waals surface area contributed by atoms with Crippen LogP contribution >= 0.6 is 0 Å². The number of aromatic nitrogens is 4. The molecule has 2 heterocycles. The molecule has 0 radical (unpaired) electrons. The smallest absolute Gasteiger partial charge is 0.110 e. The Morgan fingerprint density at radius 2 is 1.07 bits per heavy atom. The van der Waals surface area contributed by atoms with E-state index in [0.717, 1.165) is 65.8 Å². The van der Waals surface area contributed by atoms with E-state index in [2.05, 4.69) is 74.1 Å². The van der Waals surface area contributed by atoms with E-state index in [1.165, 1.54) is 11.1 Å². The summed E-state index contributed by atoms with van der Waals surface area (Å²) in [6.07, 6.45) is 5.38. The van der Waals surface area contributed by atoms with Crippen molar-refractivity contribution < 1.29 is 0 Å². The Labute approximate surface area is 173 Å². The lowest BCUT2D eigenvalue weighted by atomic mass is 10.0. The van der Waals surface area contributed by atoms with Gasteiger partial charge in [0.05, 0.1) is 22.1 Å². The van der Waals surface area contributed by atoms with Crippen molar-refractivity contribution >= 4 is 22.1 Å². The zero-order valence-corrected chi connectivity index (χ0v) is 18.0. The molecule has 0 bridgehead atoms. The number of rotatable bonds is 8.